The summed E-state index contributed by atoms with van der Waals surface area (Å²) >= 11 is 0. The molecule has 24 heavy (non-hydrogen) atoms. The van der Waals surface area contributed by atoms with E-state index in [2.05, 4.69) is 25.8 Å². The number of hydrogen-bond acceptors (Lipinski definition) is 6. The molecule has 0 spiro atoms. The lowest BCUT2D eigenvalue weighted by Crippen LogP contribution is -2.50. The summed E-state index contributed by atoms with van der Waals surface area (Å²) in [4.78, 5) is 13.6. The first-order valence-electron chi connectivity index (χ1n) is 9.31. The van der Waals surface area contributed by atoms with Gasteiger partial charge in [-0.25, -0.2) is 9.97 Å². The van der Waals surface area contributed by atoms with Gasteiger partial charge in [0.2, 0.25) is 0 Å². The highest BCUT2D eigenvalue weighted by atomic mass is 16.5. The lowest BCUT2D eigenvalue weighted by atomic mass is 9.90. The zero-order valence-electron chi connectivity index (χ0n) is 14.4. The fraction of sp³-hybridized carbons (Fsp3) is 0.778. The van der Waals surface area contributed by atoms with Gasteiger partial charge in [0.05, 0.1) is 17.9 Å². The first kappa shape index (κ1) is 16.2. The van der Waals surface area contributed by atoms with Crippen LogP contribution in [0.25, 0.3) is 0 Å². The van der Waals surface area contributed by atoms with Gasteiger partial charge in [-0.1, -0.05) is 0 Å². The number of hydrogen-bond donors (Lipinski definition) is 1. The maximum Gasteiger partial charge on any atom is 0.132 e. The molecule has 1 aromatic heterocycles. The molecule has 6 nitrogen and oxygen atoms in total. The van der Waals surface area contributed by atoms with E-state index in [1.807, 2.05) is 0 Å². The van der Waals surface area contributed by atoms with Crippen molar-refractivity contribution in [3.8, 4) is 0 Å². The molecule has 0 amide bonds. The molecule has 3 aliphatic rings. The Morgan fingerprint density at radius 3 is 2.67 bits per heavy atom. The summed E-state index contributed by atoms with van der Waals surface area (Å²) in [6.45, 7) is 6.44. The third-order valence-electron chi connectivity index (χ3n) is 5.76. The predicted molar refractivity (Wildman–Crippen MR) is 92.3 cm³/mol. The molecule has 3 aliphatic heterocycles. The Balaban J connectivity index is 1.37. The number of β-amino-alcohol motifs (C(OH)–C–C–N with tert-alkyl or cyclic N) is 1. The van der Waals surface area contributed by atoms with Crippen LogP contribution in [-0.2, 0) is 4.74 Å². The monoisotopic (exact) mass is 332 g/mol. The highest BCUT2D eigenvalue weighted by Gasteiger charge is 2.35. The van der Waals surface area contributed by atoms with E-state index in [0.717, 1.165) is 76.7 Å². The van der Waals surface area contributed by atoms with Crippen LogP contribution in [0.2, 0.25) is 0 Å². The molecule has 0 radical (unpaired) electrons. The zero-order valence-corrected chi connectivity index (χ0v) is 14.4. The van der Waals surface area contributed by atoms with Crippen LogP contribution >= 0.6 is 0 Å². The number of nitrogens with zero attached hydrogens (tertiary/aromatic N) is 4. The van der Waals surface area contributed by atoms with Crippen LogP contribution in [0.15, 0.2) is 12.4 Å². The van der Waals surface area contributed by atoms with Gasteiger partial charge in [-0.3, -0.25) is 0 Å². The van der Waals surface area contributed by atoms with E-state index in [0.29, 0.717) is 5.92 Å². The first-order chi connectivity index (χ1) is 11.7. The molecular formula is C18H28N4O2. The first-order valence-corrected chi connectivity index (χ1v) is 9.31. The maximum absolute atomic E-state index is 10.9. The van der Waals surface area contributed by atoms with E-state index >= 15 is 0 Å². The van der Waals surface area contributed by atoms with Gasteiger partial charge in [0.25, 0.3) is 0 Å². The molecule has 6 heteroatoms. The number of rotatable bonds is 4. The fourth-order valence-electron chi connectivity index (χ4n) is 4.19. The molecule has 0 aromatic carbocycles. The SMILES string of the molecule is OC1(CN2CCCC2)CCN(c2cc(C3CCOC3)ncn2)CC1. The third kappa shape index (κ3) is 3.55. The van der Waals surface area contributed by atoms with Gasteiger partial charge in [0.15, 0.2) is 0 Å². The van der Waals surface area contributed by atoms with Gasteiger partial charge in [0.1, 0.15) is 12.1 Å². The van der Waals surface area contributed by atoms with E-state index in [-0.39, 0.29) is 0 Å². The van der Waals surface area contributed by atoms with Crippen molar-refractivity contribution in [2.75, 3.05) is 50.8 Å². The number of anilines is 1. The minimum absolute atomic E-state index is 0.406. The quantitative estimate of drug-likeness (QED) is 0.899. The molecule has 0 aliphatic carbocycles. The topological polar surface area (TPSA) is 61.7 Å². The molecule has 0 saturated carbocycles. The van der Waals surface area contributed by atoms with Crippen molar-refractivity contribution in [2.45, 2.75) is 43.6 Å². The van der Waals surface area contributed by atoms with E-state index in [4.69, 9.17) is 4.74 Å². The van der Waals surface area contributed by atoms with E-state index in [9.17, 15) is 5.11 Å². The minimum Gasteiger partial charge on any atom is -0.388 e. The van der Waals surface area contributed by atoms with Gasteiger partial charge >= 0.3 is 0 Å². The van der Waals surface area contributed by atoms with E-state index < -0.39 is 5.60 Å². The Bertz CT molecular complexity index is 548. The Kier molecular flexibility index (Phi) is 4.70. The van der Waals surface area contributed by atoms with Gasteiger partial charge in [-0.15, -0.1) is 0 Å². The van der Waals surface area contributed by atoms with E-state index in [1.54, 1.807) is 6.33 Å². The molecular weight excluding hydrogens is 304 g/mol. The Hall–Kier alpha value is -1.24. The highest BCUT2D eigenvalue weighted by molar-refractivity contribution is 5.40. The van der Waals surface area contributed by atoms with Crippen molar-refractivity contribution >= 4 is 5.82 Å². The molecule has 0 bridgehead atoms. The normalized spacial score (nSPS) is 27.7. The summed E-state index contributed by atoms with van der Waals surface area (Å²) in [6.07, 6.45) is 6.90. The smallest absolute Gasteiger partial charge is 0.132 e. The molecule has 1 atom stereocenters. The Morgan fingerprint density at radius 1 is 1.17 bits per heavy atom. The number of likely N-dealkylation sites (tertiary alicyclic amines) is 1. The average molecular weight is 332 g/mol. The van der Waals surface area contributed by atoms with Crippen LogP contribution in [0.3, 0.4) is 0 Å². The van der Waals surface area contributed by atoms with Crippen molar-refractivity contribution in [1.29, 1.82) is 0 Å². The van der Waals surface area contributed by atoms with Crippen LogP contribution in [0.1, 0.15) is 43.7 Å². The number of ether oxygens (including phenoxy) is 1. The predicted octanol–water partition coefficient (Wildman–Crippen LogP) is 1.41. The molecule has 1 unspecified atom stereocenters. The number of piperidine rings is 1. The highest BCUT2D eigenvalue weighted by Crippen LogP contribution is 2.29. The molecule has 132 valence electrons. The minimum atomic E-state index is -0.532. The summed E-state index contributed by atoms with van der Waals surface area (Å²) in [5.74, 6) is 1.40. The molecule has 1 aromatic rings. The van der Waals surface area contributed by atoms with Crippen LogP contribution < -0.4 is 4.90 Å². The molecule has 4 heterocycles. The largest absolute Gasteiger partial charge is 0.388 e. The molecule has 4 rings (SSSR count). The van der Waals surface area contributed by atoms with Gasteiger partial charge < -0.3 is 19.6 Å². The molecule has 1 N–H and O–H groups in total. The van der Waals surface area contributed by atoms with Crippen LogP contribution in [-0.4, -0.2) is 71.5 Å². The zero-order chi connectivity index (χ0) is 16.4. The second-order valence-corrected chi connectivity index (χ2v) is 7.56. The maximum atomic E-state index is 10.9. The summed E-state index contributed by atoms with van der Waals surface area (Å²) in [6, 6.07) is 2.12. The summed E-state index contributed by atoms with van der Waals surface area (Å²) in [5, 5.41) is 10.9. The van der Waals surface area contributed by atoms with Crippen molar-refractivity contribution in [3.05, 3.63) is 18.1 Å². The van der Waals surface area contributed by atoms with Crippen LogP contribution in [0.5, 0.6) is 0 Å². The average Bonchev–Trinajstić information content (AvgIpc) is 3.29. The van der Waals surface area contributed by atoms with Crippen molar-refractivity contribution in [3.63, 3.8) is 0 Å². The Labute approximate surface area is 143 Å². The van der Waals surface area contributed by atoms with Crippen molar-refractivity contribution in [1.82, 2.24) is 14.9 Å². The summed E-state index contributed by atoms with van der Waals surface area (Å²) in [5.41, 5.74) is 0.561. The van der Waals surface area contributed by atoms with Gasteiger partial charge in [0, 0.05) is 38.2 Å². The Morgan fingerprint density at radius 2 is 1.96 bits per heavy atom. The number of aliphatic hydroxyl groups is 1. The third-order valence-corrected chi connectivity index (χ3v) is 5.76. The molecule has 3 fully saturated rings. The van der Waals surface area contributed by atoms with Crippen LogP contribution in [0, 0.1) is 0 Å². The standard InChI is InChI=1S/C18H28N4O2/c23-18(13-21-6-1-2-7-21)4-8-22(9-5-18)17-11-16(19-14-20-17)15-3-10-24-12-15/h11,14-15,23H,1-10,12-13H2. The number of aromatic nitrogens is 2. The van der Waals surface area contributed by atoms with Crippen molar-refractivity contribution < 1.29 is 9.84 Å². The van der Waals surface area contributed by atoms with Crippen LogP contribution in [0.4, 0.5) is 5.82 Å². The van der Waals surface area contributed by atoms with Gasteiger partial charge in [-0.05, 0) is 45.2 Å². The second kappa shape index (κ2) is 6.94. The molecule has 3 saturated heterocycles. The lowest BCUT2D eigenvalue weighted by Gasteiger charge is -2.40. The van der Waals surface area contributed by atoms with E-state index in [1.165, 1.54) is 12.8 Å². The fourth-order valence-corrected chi connectivity index (χ4v) is 4.19. The summed E-state index contributed by atoms with van der Waals surface area (Å²) in [7, 11) is 0. The van der Waals surface area contributed by atoms with Gasteiger partial charge in [-0.2, -0.15) is 0 Å². The summed E-state index contributed by atoms with van der Waals surface area (Å²) < 4.78 is 5.48. The lowest BCUT2D eigenvalue weighted by molar-refractivity contribution is -0.0111. The second-order valence-electron chi connectivity index (χ2n) is 7.56. The van der Waals surface area contributed by atoms with Crippen molar-refractivity contribution in [2.24, 2.45) is 0 Å².